The molecule has 102 valence electrons. The molecular weight excluding hydrogens is 244 g/mol. The number of ketones is 1. The molecule has 0 bridgehead atoms. The van der Waals surface area contributed by atoms with E-state index < -0.39 is 5.97 Å². The lowest BCUT2D eigenvalue weighted by Gasteiger charge is -2.12. The number of ether oxygens (including phenoxy) is 1. The number of benzene rings is 1. The van der Waals surface area contributed by atoms with E-state index >= 15 is 0 Å². The van der Waals surface area contributed by atoms with Crippen molar-refractivity contribution in [3.63, 3.8) is 0 Å². The van der Waals surface area contributed by atoms with Crippen molar-refractivity contribution in [1.29, 1.82) is 0 Å². The normalized spacial score (nSPS) is 10.9. The van der Waals surface area contributed by atoms with Crippen LogP contribution in [-0.4, -0.2) is 23.5 Å². The van der Waals surface area contributed by atoms with Gasteiger partial charge in [0.15, 0.2) is 5.78 Å². The molecule has 0 aliphatic heterocycles. The first kappa shape index (κ1) is 15.0. The molecule has 0 radical (unpaired) electrons. The smallest absolute Gasteiger partial charge is 0.328 e. The van der Waals surface area contributed by atoms with Crippen LogP contribution >= 0.6 is 0 Å². The predicted molar refractivity (Wildman–Crippen MR) is 72.6 cm³/mol. The molecule has 0 unspecified atom stereocenters. The maximum atomic E-state index is 11.9. The van der Waals surface area contributed by atoms with Gasteiger partial charge in [0, 0.05) is 6.08 Å². The van der Waals surface area contributed by atoms with Crippen LogP contribution in [0.15, 0.2) is 30.4 Å². The van der Waals surface area contributed by atoms with Crippen molar-refractivity contribution in [1.82, 2.24) is 0 Å². The third-order valence-corrected chi connectivity index (χ3v) is 2.35. The van der Waals surface area contributed by atoms with Crippen LogP contribution in [0.25, 0.3) is 0 Å². The third-order valence-electron chi connectivity index (χ3n) is 2.35. The molecule has 0 saturated heterocycles. The van der Waals surface area contributed by atoms with Gasteiger partial charge in [-0.1, -0.05) is 25.5 Å². The summed E-state index contributed by atoms with van der Waals surface area (Å²) in [6, 6.07) is 5.29. The number of hydrogen-bond acceptors (Lipinski definition) is 3. The Labute approximate surface area is 112 Å². The highest BCUT2D eigenvalue weighted by atomic mass is 16.5. The van der Waals surface area contributed by atoms with Crippen molar-refractivity contribution in [3.8, 4) is 5.75 Å². The van der Waals surface area contributed by atoms with E-state index in [0.29, 0.717) is 23.8 Å². The summed E-state index contributed by atoms with van der Waals surface area (Å²) >= 11 is 0. The van der Waals surface area contributed by atoms with Gasteiger partial charge in [0.1, 0.15) is 5.75 Å². The lowest BCUT2D eigenvalue weighted by molar-refractivity contribution is -0.131. The average Bonchev–Trinajstić information content (AvgIpc) is 2.34. The van der Waals surface area contributed by atoms with E-state index in [1.165, 1.54) is 0 Å². The monoisotopic (exact) mass is 262 g/mol. The van der Waals surface area contributed by atoms with Crippen molar-refractivity contribution in [3.05, 3.63) is 41.5 Å². The lowest BCUT2D eigenvalue weighted by atomic mass is 10.1. The van der Waals surface area contributed by atoms with E-state index in [1.807, 2.05) is 26.8 Å². The maximum absolute atomic E-state index is 11.9. The molecule has 0 aliphatic rings. The number of aryl methyl sites for hydroxylation is 1. The first-order chi connectivity index (χ1) is 8.90. The summed E-state index contributed by atoms with van der Waals surface area (Å²) in [5, 5.41) is 8.54. The minimum Gasteiger partial charge on any atom is -0.493 e. The van der Waals surface area contributed by atoms with Crippen molar-refractivity contribution in [2.45, 2.75) is 20.8 Å². The molecule has 1 aromatic carbocycles. The van der Waals surface area contributed by atoms with Crippen molar-refractivity contribution >= 4 is 11.8 Å². The molecule has 0 amide bonds. The number of aliphatic carboxylic acids is 1. The fraction of sp³-hybridized carbons (Fsp3) is 0.333. The fourth-order valence-electron chi connectivity index (χ4n) is 1.46. The van der Waals surface area contributed by atoms with E-state index in [-0.39, 0.29) is 5.78 Å². The molecule has 19 heavy (non-hydrogen) atoms. The Bertz CT molecular complexity index is 501. The largest absolute Gasteiger partial charge is 0.493 e. The highest BCUT2D eigenvalue weighted by molar-refractivity contribution is 6.08. The summed E-state index contributed by atoms with van der Waals surface area (Å²) in [5.74, 6) is -0.686. The Morgan fingerprint density at radius 2 is 2.00 bits per heavy atom. The van der Waals surface area contributed by atoms with Gasteiger partial charge < -0.3 is 9.84 Å². The number of carboxylic acids is 1. The Morgan fingerprint density at radius 1 is 1.32 bits per heavy atom. The molecule has 0 aromatic heterocycles. The molecule has 0 saturated carbocycles. The zero-order valence-corrected chi connectivity index (χ0v) is 11.3. The quantitative estimate of drug-likeness (QED) is 0.632. The van der Waals surface area contributed by atoms with E-state index in [2.05, 4.69) is 0 Å². The van der Waals surface area contributed by atoms with Crippen LogP contribution in [0.1, 0.15) is 29.8 Å². The van der Waals surface area contributed by atoms with Crippen LogP contribution in [0.4, 0.5) is 0 Å². The van der Waals surface area contributed by atoms with Gasteiger partial charge in [-0.05, 0) is 31.1 Å². The predicted octanol–water partition coefficient (Wildman–Crippen LogP) is 2.85. The topological polar surface area (TPSA) is 63.6 Å². The zero-order valence-electron chi connectivity index (χ0n) is 11.3. The highest BCUT2D eigenvalue weighted by Crippen LogP contribution is 2.21. The number of allylic oxidation sites excluding steroid dienone is 1. The highest BCUT2D eigenvalue weighted by Gasteiger charge is 2.11. The van der Waals surface area contributed by atoms with E-state index in [0.717, 1.165) is 17.7 Å². The molecule has 1 rings (SSSR count). The Hall–Kier alpha value is -2.10. The van der Waals surface area contributed by atoms with Crippen LogP contribution in [-0.2, 0) is 4.79 Å². The second-order valence-corrected chi connectivity index (χ2v) is 4.74. The van der Waals surface area contributed by atoms with Gasteiger partial charge in [-0.2, -0.15) is 0 Å². The SMILES string of the molecule is Cc1ccc(OCC(C)C)c(C(=O)/C=C/C(=O)O)c1. The van der Waals surface area contributed by atoms with Gasteiger partial charge >= 0.3 is 5.97 Å². The van der Waals surface area contributed by atoms with Crippen LogP contribution in [0, 0.1) is 12.8 Å². The summed E-state index contributed by atoms with van der Waals surface area (Å²) in [6.07, 6.45) is 1.87. The number of carbonyl (C=O) groups is 2. The number of hydrogen-bond donors (Lipinski definition) is 1. The van der Waals surface area contributed by atoms with Crippen LogP contribution < -0.4 is 4.74 Å². The first-order valence-electron chi connectivity index (χ1n) is 6.09. The Kier molecular flexibility index (Phi) is 5.30. The number of carbonyl (C=O) groups excluding carboxylic acids is 1. The molecular formula is C15H18O4. The molecule has 0 fully saturated rings. The molecule has 4 heteroatoms. The summed E-state index contributed by atoms with van der Waals surface area (Å²) in [5.41, 5.74) is 1.31. The van der Waals surface area contributed by atoms with Crippen LogP contribution in [0.2, 0.25) is 0 Å². The second-order valence-electron chi connectivity index (χ2n) is 4.74. The minimum atomic E-state index is -1.15. The van der Waals surface area contributed by atoms with Crippen molar-refractivity contribution < 1.29 is 19.4 Å². The maximum Gasteiger partial charge on any atom is 0.328 e. The van der Waals surface area contributed by atoms with Gasteiger partial charge in [-0.3, -0.25) is 4.79 Å². The molecule has 0 spiro atoms. The summed E-state index contributed by atoms with van der Waals surface area (Å²) in [4.78, 5) is 22.4. The number of rotatable bonds is 6. The average molecular weight is 262 g/mol. The molecule has 4 nitrogen and oxygen atoms in total. The molecule has 0 aliphatic carbocycles. The van der Waals surface area contributed by atoms with Gasteiger partial charge in [-0.15, -0.1) is 0 Å². The summed E-state index contributed by atoms with van der Waals surface area (Å²) in [7, 11) is 0. The standard InChI is InChI=1S/C15H18O4/c1-10(2)9-19-14-6-4-11(3)8-12(14)13(16)5-7-15(17)18/h4-8,10H,9H2,1-3H3,(H,17,18)/b7-5+. The third kappa shape index (κ3) is 4.95. The molecule has 0 heterocycles. The fourth-order valence-corrected chi connectivity index (χ4v) is 1.46. The molecule has 0 atom stereocenters. The summed E-state index contributed by atoms with van der Waals surface area (Å²) < 4.78 is 5.58. The molecule has 1 N–H and O–H groups in total. The summed E-state index contributed by atoms with van der Waals surface area (Å²) in [6.45, 7) is 6.40. The van der Waals surface area contributed by atoms with Gasteiger partial charge in [-0.25, -0.2) is 4.79 Å². The minimum absolute atomic E-state index is 0.346. The zero-order chi connectivity index (χ0) is 14.4. The van der Waals surface area contributed by atoms with Gasteiger partial charge in [0.05, 0.1) is 12.2 Å². The van der Waals surface area contributed by atoms with Crippen LogP contribution in [0.3, 0.4) is 0 Å². The van der Waals surface area contributed by atoms with E-state index in [9.17, 15) is 9.59 Å². The van der Waals surface area contributed by atoms with E-state index in [1.54, 1.807) is 12.1 Å². The Morgan fingerprint density at radius 3 is 2.58 bits per heavy atom. The Balaban J connectivity index is 2.99. The first-order valence-corrected chi connectivity index (χ1v) is 6.09. The molecule has 1 aromatic rings. The van der Waals surface area contributed by atoms with Crippen molar-refractivity contribution in [2.75, 3.05) is 6.61 Å². The van der Waals surface area contributed by atoms with E-state index in [4.69, 9.17) is 9.84 Å². The lowest BCUT2D eigenvalue weighted by Crippen LogP contribution is -2.08. The van der Waals surface area contributed by atoms with Gasteiger partial charge in [0.2, 0.25) is 0 Å². The van der Waals surface area contributed by atoms with Crippen LogP contribution in [0.5, 0.6) is 5.75 Å². The van der Waals surface area contributed by atoms with Gasteiger partial charge in [0.25, 0.3) is 0 Å². The second kappa shape index (κ2) is 6.73. The number of carboxylic acid groups (broad SMARTS) is 1. The van der Waals surface area contributed by atoms with Crippen molar-refractivity contribution in [2.24, 2.45) is 5.92 Å².